The minimum atomic E-state index is 0.722. The van der Waals surface area contributed by atoms with Crippen LogP contribution in [0.3, 0.4) is 0 Å². The summed E-state index contributed by atoms with van der Waals surface area (Å²) >= 11 is 6.00. The number of nitrogens with one attached hydrogen (secondary N) is 2. The fraction of sp³-hybridized carbons (Fsp3) is 0.235. The number of hydrogen-bond donors (Lipinski definition) is 2. The zero-order chi connectivity index (χ0) is 15.8. The van der Waals surface area contributed by atoms with Crippen molar-refractivity contribution in [2.24, 2.45) is 0 Å². The SMILES string of the molecule is C/C=C\C(=C/NC)CNc1cn(Cc2cccc(Cl)c2)cn1. The predicted molar refractivity (Wildman–Crippen MR) is 93.2 cm³/mol. The molecule has 0 saturated carbocycles. The van der Waals surface area contributed by atoms with Gasteiger partial charge in [-0.1, -0.05) is 35.9 Å². The maximum absolute atomic E-state index is 6.00. The van der Waals surface area contributed by atoms with Crippen LogP contribution in [0, 0.1) is 0 Å². The second kappa shape index (κ2) is 8.29. The molecule has 0 bridgehead atoms. The van der Waals surface area contributed by atoms with Gasteiger partial charge in [-0.2, -0.15) is 0 Å². The molecule has 0 radical (unpaired) electrons. The van der Waals surface area contributed by atoms with E-state index in [1.165, 1.54) is 0 Å². The van der Waals surface area contributed by atoms with Gasteiger partial charge in [0.15, 0.2) is 0 Å². The van der Waals surface area contributed by atoms with E-state index in [1.807, 2.05) is 61.5 Å². The van der Waals surface area contributed by atoms with Crippen LogP contribution in [-0.2, 0) is 6.54 Å². The highest BCUT2D eigenvalue weighted by atomic mass is 35.5. The highest BCUT2D eigenvalue weighted by Gasteiger charge is 2.01. The summed E-state index contributed by atoms with van der Waals surface area (Å²) in [4.78, 5) is 4.37. The highest BCUT2D eigenvalue weighted by molar-refractivity contribution is 6.30. The number of anilines is 1. The molecule has 22 heavy (non-hydrogen) atoms. The molecule has 0 amide bonds. The molecule has 0 spiro atoms. The molecular weight excluding hydrogens is 296 g/mol. The summed E-state index contributed by atoms with van der Waals surface area (Å²) in [7, 11) is 1.89. The summed E-state index contributed by atoms with van der Waals surface area (Å²) < 4.78 is 2.03. The van der Waals surface area contributed by atoms with Gasteiger partial charge in [0, 0.05) is 37.6 Å². The number of allylic oxidation sites excluding steroid dienone is 1. The lowest BCUT2D eigenvalue weighted by molar-refractivity contribution is 0.797. The summed E-state index contributed by atoms with van der Waals surface area (Å²) in [6.07, 6.45) is 9.86. The average Bonchev–Trinajstić information content (AvgIpc) is 2.93. The molecular formula is C17H21ClN4. The molecule has 5 heteroatoms. The van der Waals surface area contributed by atoms with Gasteiger partial charge in [0.1, 0.15) is 5.82 Å². The Balaban J connectivity index is 1.95. The number of halogens is 1. The van der Waals surface area contributed by atoms with Crippen LogP contribution in [0.15, 0.2) is 60.7 Å². The van der Waals surface area contributed by atoms with E-state index in [-0.39, 0.29) is 0 Å². The van der Waals surface area contributed by atoms with E-state index in [1.54, 1.807) is 0 Å². The van der Waals surface area contributed by atoms with E-state index in [0.29, 0.717) is 0 Å². The number of rotatable bonds is 7. The van der Waals surface area contributed by atoms with Gasteiger partial charge < -0.3 is 15.2 Å². The first-order valence-corrected chi connectivity index (χ1v) is 7.58. The van der Waals surface area contributed by atoms with E-state index >= 15 is 0 Å². The lowest BCUT2D eigenvalue weighted by Crippen LogP contribution is -2.07. The fourth-order valence-electron chi connectivity index (χ4n) is 2.13. The number of benzene rings is 1. The molecule has 2 rings (SSSR count). The Hall–Kier alpha value is -2.20. The fourth-order valence-corrected chi connectivity index (χ4v) is 2.35. The molecule has 2 aromatic rings. The third kappa shape index (κ3) is 4.97. The van der Waals surface area contributed by atoms with Crippen molar-refractivity contribution in [1.82, 2.24) is 14.9 Å². The Labute approximate surface area is 136 Å². The van der Waals surface area contributed by atoms with Crippen LogP contribution in [0.25, 0.3) is 0 Å². The molecule has 2 N–H and O–H groups in total. The van der Waals surface area contributed by atoms with Gasteiger partial charge in [0.25, 0.3) is 0 Å². The summed E-state index contributed by atoms with van der Waals surface area (Å²) in [5, 5.41) is 7.11. The van der Waals surface area contributed by atoms with Crippen LogP contribution < -0.4 is 10.6 Å². The van der Waals surface area contributed by atoms with Crippen LogP contribution in [-0.4, -0.2) is 23.1 Å². The number of hydrogen-bond acceptors (Lipinski definition) is 3. The average molecular weight is 317 g/mol. The Morgan fingerprint density at radius 2 is 2.27 bits per heavy atom. The van der Waals surface area contributed by atoms with Gasteiger partial charge in [0.05, 0.1) is 6.33 Å². The summed E-state index contributed by atoms with van der Waals surface area (Å²) in [6, 6.07) is 7.86. The molecule has 4 nitrogen and oxygen atoms in total. The van der Waals surface area contributed by atoms with E-state index in [2.05, 4.69) is 27.8 Å². The second-order valence-electron chi connectivity index (χ2n) is 4.92. The van der Waals surface area contributed by atoms with Gasteiger partial charge in [-0.3, -0.25) is 0 Å². The van der Waals surface area contributed by atoms with Crippen molar-refractivity contribution in [3.63, 3.8) is 0 Å². The summed E-state index contributed by atoms with van der Waals surface area (Å²) in [6.45, 7) is 3.48. The van der Waals surface area contributed by atoms with Crippen LogP contribution in [0.4, 0.5) is 5.82 Å². The van der Waals surface area contributed by atoms with Crippen molar-refractivity contribution >= 4 is 17.4 Å². The topological polar surface area (TPSA) is 41.9 Å². The van der Waals surface area contributed by atoms with Gasteiger partial charge in [-0.05, 0) is 30.2 Å². The van der Waals surface area contributed by atoms with Crippen LogP contribution in [0.2, 0.25) is 5.02 Å². The van der Waals surface area contributed by atoms with Crippen molar-refractivity contribution in [3.8, 4) is 0 Å². The largest absolute Gasteiger partial charge is 0.394 e. The molecule has 116 valence electrons. The predicted octanol–water partition coefficient (Wildman–Crippen LogP) is 3.68. The molecule has 0 aliphatic carbocycles. The summed E-state index contributed by atoms with van der Waals surface area (Å²) in [5.74, 6) is 0.855. The van der Waals surface area contributed by atoms with Crippen LogP contribution in [0.1, 0.15) is 12.5 Å². The van der Waals surface area contributed by atoms with Crippen molar-refractivity contribution in [2.45, 2.75) is 13.5 Å². The lowest BCUT2D eigenvalue weighted by Gasteiger charge is -2.05. The van der Waals surface area contributed by atoms with Crippen molar-refractivity contribution in [2.75, 3.05) is 18.9 Å². The second-order valence-corrected chi connectivity index (χ2v) is 5.36. The first-order valence-electron chi connectivity index (χ1n) is 7.20. The van der Waals surface area contributed by atoms with Crippen LogP contribution in [0.5, 0.6) is 0 Å². The Morgan fingerprint density at radius 1 is 1.41 bits per heavy atom. The van der Waals surface area contributed by atoms with E-state index in [9.17, 15) is 0 Å². The normalized spacial score (nSPS) is 11.9. The molecule has 0 aliphatic heterocycles. The van der Waals surface area contributed by atoms with E-state index < -0.39 is 0 Å². The lowest BCUT2D eigenvalue weighted by atomic mass is 10.2. The molecule has 0 saturated heterocycles. The highest BCUT2D eigenvalue weighted by Crippen LogP contribution is 2.13. The molecule has 0 fully saturated rings. The Kier molecular flexibility index (Phi) is 6.10. The van der Waals surface area contributed by atoms with Crippen molar-refractivity contribution in [3.05, 3.63) is 71.3 Å². The zero-order valence-electron chi connectivity index (χ0n) is 12.9. The van der Waals surface area contributed by atoms with E-state index in [0.717, 1.165) is 35.1 Å². The number of aromatic nitrogens is 2. The van der Waals surface area contributed by atoms with E-state index in [4.69, 9.17) is 11.6 Å². The standard InChI is InChI=1S/C17H21ClN4/c1-3-5-15(9-19-2)10-20-17-12-22(13-21-17)11-14-6-4-7-16(18)8-14/h3-9,12-13,19-20H,10-11H2,1-2H3/b5-3-,15-9+. The number of imidazole rings is 1. The molecule has 1 aromatic carbocycles. The first kappa shape index (κ1) is 16.2. The monoisotopic (exact) mass is 316 g/mol. The molecule has 0 aliphatic rings. The quantitative estimate of drug-likeness (QED) is 0.766. The molecule has 0 atom stereocenters. The third-order valence-electron chi connectivity index (χ3n) is 3.07. The van der Waals surface area contributed by atoms with Crippen molar-refractivity contribution < 1.29 is 0 Å². The Morgan fingerprint density at radius 3 is 3.00 bits per heavy atom. The molecule has 1 heterocycles. The zero-order valence-corrected chi connectivity index (χ0v) is 13.6. The van der Waals surface area contributed by atoms with Gasteiger partial charge in [-0.25, -0.2) is 4.98 Å². The molecule has 1 aromatic heterocycles. The summed E-state index contributed by atoms with van der Waals surface area (Å²) in [5.41, 5.74) is 2.32. The number of nitrogens with zero attached hydrogens (tertiary/aromatic N) is 2. The first-order chi connectivity index (χ1) is 10.7. The Bertz CT molecular complexity index is 658. The maximum Gasteiger partial charge on any atom is 0.144 e. The van der Waals surface area contributed by atoms with Gasteiger partial charge >= 0.3 is 0 Å². The van der Waals surface area contributed by atoms with Crippen molar-refractivity contribution in [1.29, 1.82) is 0 Å². The van der Waals surface area contributed by atoms with Gasteiger partial charge in [-0.15, -0.1) is 0 Å². The van der Waals surface area contributed by atoms with Crippen LogP contribution >= 0.6 is 11.6 Å². The minimum absolute atomic E-state index is 0.722. The maximum atomic E-state index is 6.00. The minimum Gasteiger partial charge on any atom is -0.394 e. The third-order valence-corrected chi connectivity index (χ3v) is 3.31. The smallest absolute Gasteiger partial charge is 0.144 e. The van der Waals surface area contributed by atoms with Gasteiger partial charge in [0.2, 0.25) is 0 Å². The molecule has 0 unspecified atom stereocenters.